The van der Waals surface area contributed by atoms with Crippen LogP contribution >= 0.6 is 23.1 Å². The lowest BCUT2D eigenvalue weighted by Crippen LogP contribution is -2.23. The van der Waals surface area contributed by atoms with Crippen LogP contribution in [0.25, 0.3) is 20.4 Å². The fourth-order valence-electron chi connectivity index (χ4n) is 3.61. The third kappa shape index (κ3) is 4.69. The van der Waals surface area contributed by atoms with Gasteiger partial charge in [-0.25, -0.2) is 14.4 Å². The molecule has 5 nitrogen and oxygen atoms in total. The lowest BCUT2D eigenvalue weighted by atomic mass is 10.2. The Morgan fingerprint density at radius 2 is 1.82 bits per heavy atom. The van der Waals surface area contributed by atoms with Gasteiger partial charge in [0.2, 0.25) is 0 Å². The van der Waals surface area contributed by atoms with Crippen molar-refractivity contribution < 1.29 is 9.13 Å². The zero-order chi connectivity index (χ0) is 23.5. The van der Waals surface area contributed by atoms with Gasteiger partial charge in [0.1, 0.15) is 21.1 Å². The van der Waals surface area contributed by atoms with Gasteiger partial charge >= 0.3 is 0 Å². The Morgan fingerprint density at radius 3 is 2.59 bits per heavy atom. The normalized spacial score (nSPS) is 11.4. The van der Waals surface area contributed by atoms with E-state index in [2.05, 4.69) is 11.9 Å². The first-order valence-corrected chi connectivity index (χ1v) is 12.8. The number of halogens is 1. The smallest absolute Gasteiger partial charge is 0.272 e. The summed E-state index contributed by atoms with van der Waals surface area (Å²) in [6.07, 6.45) is 2.67. The van der Waals surface area contributed by atoms with Crippen LogP contribution in [0.15, 0.2) is 76.8 Å². The molecule has 3 heterocycles. The first-order valence-electron chi connectivity index (χ1n) is 11.0. The van der Waals surface area contributed by atoms with Gasteiger partial charge < -0.3 is 4.74 Å². The van der Waals surface area contributed by atoms with Gasteiger partial charge in [-0.05, 0) is 53.9 Å². The summed E-state index contributed by atoms with van der Waals surface area (Å²) < 4.78 is 21.3. The number of pyridine rings is 1. The number of fused-ring (bicyclic) bond motifs is 3. The van der Waals surface area contributed by atoms with Crippen LogP contribution in [0.3, 0.4) is 0 Å². The maximum atomic E-state index is 13.6. The quantitative estimate of drug-likeness (QED) is 0.189. The molecule has 3 aromatic heterocycles. The maximum absolute atomic E-state index is 13.6. The third-order valence-electron chi connectivity index (χ3n) is 5.34. The lowest BCUT2D eigenvalue weighted by molar-refractivity contribution is 0.317. The van der Waals surface area contributed by atoms with Crippen molar-refractivity contribution in [3.8, 4) is 5.75 Å². The summed E-state index contributed by atoms with van der Waals surface area (Å²) in [6.45, 7) is 3.13. The third-order valence-corrected chi connectivity index (χ3v) is 7.47. The Morgan fingerprint density at radius 1 is 1.06 bits per heavy atom. The van der Waals surface area contributed by atoms with Crippen LogP contribution in [-0.2, 0) is 12.3 Å². The molecule has 0 aliphatic carbocycles. The number of rotatable bonds is 8. The van der Waals surface area contributed by atoms with Gasteiger partial charge in [-0.3, -0.25) is 9.36 Å². The van der Waals surface area contributed by atoms with E-state index in [4.69, 9.17) is 9.72 Å². The first-order chi connectivity index (χ1) is 16.6. The summed E-state index contributed by atoms with van der Waals surface area (Å²) in [5, 5.41) is 1.50. The molecule has 8 heteroatoms. The summed E-state index contributed by atoms with van der Waals surface area (Å²) in [5.41, 5.74) is 2.54. The van der Waals surface area contributed by atoms with E-state index in [1.807, 2.05) is 36.4 Å². The highest BCUT2D eigenvalue weighted by atomic mass is 32.2. The van der Waals surface area contributed by atoms with Gasteiger partial charge in [-0.15, -0.1) is 11.3 Å². The molecule has 172 valence electrons. The average molecular weight is 492 g/mol. The molecule has 0 radical (unpaired) electrons. The molecule has 0 amide bonds. The van der Waals surface area contributed by atoms with Crippen LogP contribution < -0.4 is 10.3 Å². The van der Waals surface area contributed by atoms with Crippen molar-refractivity contribution in [2.24, 2.45) is 0 Å². The molecule has 2 aromatic carbocycles. The number of ether oxygens (including phenoxy) is 1. The second kappa shape index (κ2) is 9.95. The Kier molecular flexibility index (Phi) is 6.60. The summed E-state index contributed by atoms with van der Waals surface area (Å²) in [5.74, 6) is 1.12. The second-order valence-electron chi connectivity index (χ2n) is 7.83. The minimum absolute atomic E-state index is 0.0825. The zero-order valence-electron chi connectivity index (χ0n) is 18.5. The van der Waals surface area contributed by atoms with E-state index in [1.165, 1.54) is 35.2 Å². The molecule has 5 aromatic rings. The molecule has 0 saturated carbocycles. The van der Waals surface area contributed by atoms with E-state index in [1.54, 1.807) is 22.9 Å². The van der Waals surface area contributed by atoms with E-state index in [0.717, 1.165) is 33.5 Å². The molecule has 34 heavy (non-hydrogen) atoms. The van der Waals surface area contributed by atoms with Crippen LogP contribution in [0.4, 0.5) is 4.39 Å². The lowest BCUT2D eigenvalue weighted by Gasteiger charge is -2.13. The van der Waals surface area contributed by atoms with Gasteiger partial charge in [0.05, 0.1) is 18.7 Å². The van der Waals surface area contributed by atoms with Crippen LogP contribution in [0, 0.1) is 5.82 Å². The minimum atomic E-state index is -0.270. The Labute approximate surface area is 204 Å². The highest BCUT2D eigenvalue weighted by molar-refractivity contribution is 7.98. The predicted molar refractivity (Wildman–Crippen MR) is 136 cm³/mol. The van der Waals surface area contributed by atoms with Crippen molar-refractivity contribution in [1.82, 2.24) is 14.5 Å². The number of hydrogen-bond acceptors (Lipinski definition) is 6. The van der Waals surface area contributed by atoms with Crippen molar-refractivity contribution >= 4 is 43.5 Å². The van der Waals surface area contributed by atoms with E-state index < -0.39 is 0 Å². The monoisotopic (exact) mass is 491 g/mol. The maximum Gasteiger partial charge on any atom is 0.272 e. The first kappa shape index (κ1) is 22.6. The molecule has 0 fully saturated rings. The molecular formula is C26H22FN3O2S2. The molecule has 0 atom stereocenters. The van der Waals surface area contributed by atoms with Crippen LogP contribution in [0.5, 0.6) is 5.75 Å². The summed E-state index contributed by atoms with van der Waals surface area (Å²) in [4.78, 5) is 23.7. The molecule has 0 bridgehead atoms. The SMILES string of the molecule is CCCOc1ccc(Cn2c(SCc3ccc(F)cc3)nc3c(sc4ncccc43)c2=O)cc1. The van der Waals surface area contributed by atoms with E-state index in [-0.39, 0.29) is 11.4 Å². The number of thioether (sulfide) groups is 1. The van der Waals surface area contributed by atoms with Gasteiger partial charge in [0, 0.05) is 17.3 Å². The zero-order valence-corrected chi connectivity index (χ0v) is 20.2. The van der Waals surface area contributed by atoms with Crippen molar-refractivity contribution in [2.75, 3.05) is 6.61 Å². The number of benzene rings is 2. The number of aromatic nitrogens is 3. The molecule has 0 aliphatic rings. The molecule has 0 saturated heterocycles. The van der Waals surface area contributed by atoms with Crippen LogP contribution in [0.2, 0.25) is 0 Å². The van der Waals surface area contributed by atoms with Crippen molar-refractivity contribution in [2.45, 2.75) is 30.8 Å². The largest absolute Gasteiger partial charge is 0.494 e. The fraction of sp³-hybridized carbons (Fsp3) is 0.192. The van der Waals surface area contributed by atoms with E-state index in [0.29, 0.717) is 34.3 Å². The Bertz CT molecular complexity index is 1500. The van der Waals surface area contributed by atoms with E-state index >= 15 is 0 Å². The Hall–Kier alpha value is -3.23. The van der Waals surface area contributed by atoms with Gasteiger partial charge in [0.15, 0.2) is 5.16 Å². The van der Waals surface area contributed by atoms with Crippen LogP contribution in [0.1, 0.15) is 24.5 Å². The minimum Gasteiger partial charge on any atom is -0.494 e. The standard InChI is InChI=1S/C26H22FN3O2S2/c1-2-14-32-20-11-7-17(8-12-20)15-30-25(31)23-22(21-4-3-13-28-24(21)34-23)29-26(30)33-16-18-5-9-19(27)10-6-18/h3-13H,2,14-16H2,1H3. The fourth-order valence-corrected chi connectivity index (χ4v) is 5.59. The van der Waals surface area contributed by atoms with Gasteiger partial charge in [-0.1, -0.05) is 43.0 Å². The average Bonchev–Trinajstić information content (AvgIpc) is 3.24. The summed E-state index contributed by atoms with van der Waals surface area (Å²) in [7, 11) is 0. The number of thiophene rings is 1. The van der Waals surface area contributed by atoms with Gasteiger partial charge in [0.25, 0.3) is 5.56 Å². The molecular weight excluding hydrogens is 469 g/mol. The molecule has 0 unspecified atom stereocenters. The molecule has 5 rings (SSSR count). The molecule has 0 aliphatic heterocycles. The van der Waals surface area contributed by atoms with Crippen molar-refractivity contribution in [3.05, 3.63) is 94.2 Å². The highest BCUT2D eigenvalue weighted by Crippen LogP contribution is 2.31. The van der Waals surface area contributed by atoms with Crippen molar-refractivity contribution in [1.29, 1.82) is 0 Å². The highest BCUT2D eigenvalue weighted by Gasteiger charge is 2.17. The van der Waals surface area contributed by atoms with Crippen LogP contribution in [-0.4, -0.2) is 21.1 Å². The molecule has 0 spiro atoms. The number of nitrogens with zero attached hydrogens (tertiary/aromatic N) is 3. The molecule has 0 N–H and O–H groups in total. The van der Waals surface area contributed by atoms with Crippen molar-refractivity contribution in [3.63, 3.8) is 0 Å². The summed E-state index contributed by atoms with van der Waals surface area (Å²) in [6, 6.07) is 18.0. The predicted octanol–water partition coefficient (Wildman–Crippen LogP) is 6.27. The van der Waals surface area contributed by atoms with Gasteiger partial charge in [-0.2, -0.15) is 0 Å². The second-order valence-corrected chi connectivity index (χ2v) is 9.77. The topological polar surface area (TPSA) is 57.0 Å². The Balaban J connectivity index is 1.54. The summed E-state index contributed by atoms with van der Waals surface area (Å²) >= 11 is 2.84. The number of hydrogen-bond donors (Lipinski definition) is 0. The van der Waals surface area contributed by atoms with E-state index in [9.17, 15) is 9.18 Å².